The summed E-state index contributed by atoms with van der Waals surface area (Å²) < 4.78 is 5.87. The molecular weight excluding hydrogens is 354 g/mol. The van der Waals surface area contributed by atoms with E-state index in [4.69, 9.17) is 4.74 Å². The molecule has 2 aromatic carbocycles. The standard InChI is InChI=1S/C23H25NO4/c25-21(24-12-10-23(11-13-24)15-19(23)22(26)27)16-28-20-9-5-4-8-18(20)14-17-6-2-1-3-7-17/h1-9,19H,10-16H2,(H,26,27). The van der Waals surface area contributed by atoms with Gasteiger partial charge in [0.15, 0.2) is 6.61 Å². The highest BCUT2D eigenvalue weighted by Gasteiger charge is 2.59. The van der Waals surface area contributed by atoms with Gasteiger partial charge < -0.3 is 14.7 Å². The molecule has 0 radical (unpaired) electrons. The van der Waals surface area contributed by atoms with Crippen LogP contribution in [-0.4, -0.2) is 41.6 Å². The molecule has 1 saturated carbocycles. The molecule has 28 heavy (non-hydrogen) atoms. The molecule has 1 heterocycles. The molecule has 0 bridgehead atoms. The van der Waals surface area contributed by atoms with E-state index in [0.717, 1.165) is 37.0 Å². The van der Waals surface area contributed by atoms with Crippen LogP contribution in [0.15, 0.2) is 54.6 Å². The van der Waals surface area contributed by atoms with Gasteiger partial charge in [0, 0.05) is 19.5 Å². The fraction of sp³-hybridized carbons (Fsp3) is 0.391. The van der Waals surface area contributed by atoms with Crippen molar-refractivity contribution in [3.8, 4) is 5.75 Å². The van der Waals surface area contributed by atoms with Crippen LogP contribution in [0, 0.1) is 11.3 Å². The minimum absolute atomic E-state index is 0.0150. The van der Waals surface area contributed by atoms with Crippen LogP contribution in [0.5, 0.6) is 5.75 Å². The molecule has 4 rings (SSSR count). The number of hydrogen-bond donors (Lipinski definition) is 1. The number of carboxylic acid groups (broad SMARTS) is 1. The zero-order valence-corrected chi connectivity index (χ0v) is 15.8. The van der Waals surface area contributed by atoms with E-state index in [1.807, 2.05) is 47.4 Å². The molecule has 1 unspecified atom stereocenters. The average molecular weight is 379 g/mol. The van der Waals surface area contributed by atoms with Gasteiger partial charge in [0.05, 0.1) is 5.92 Å². The summed E-state index contributed by atoms with van der Waals surface area (Å²) in [5.41, 5.74) is 2.19. The van der Waals surface area contributed by atoms with E-state index in [2.05, 4.69) is 12.1 Å². The van der Waals surface area contributed by atoms with Gasteiger partial charge >= 0.3 is 5.97 Å². The third-order valence-corrected chi connectivity index (χ3v) is 6.16. The van der Waals surface area contributed by atoms with E-state index in [1.165, 1.54) is 5.56 Å². The summed E-state index contributed by atoms with van der Waals surface area (Å²) in [4.78, 5) is 25.6. The summed E-state index contributed by atoms with van der Waals surface area (Å²) >= 11 is 0. The van der Waals surface area contributed by atoms with Crippen molar-refractivity contribution in [2.45, 2.75) is 25.7 Å². The predicted molar refractivity (Wildman–Crippen MR) is 105 cm³/mol. The Bertz CT molecular complexity index is 856. The predicted octanol–water partition coefficient (Wildman–Crippen LogP) is 3.37. The van der Waals surface area contributed by atoms with Crippen molar-refractivity contribution in [1.29, 1.82) is 0 Å². The molecule has 5 nitrogen and oxygen atoms in total. The smallest absolute Gasteiger partial charge is 0.307 e. The van der Waals surface area contributed by atoms with Crippen molar-refractivity contribution in [2.75, 3.05) is 19.7 Å². The largest absolute Gasteiger partial charge is 0.483 e. The van der Waals surface area contributed by atoms with Crippen molar-refractivity contribution >= 4 is 11.9 Å². The zero-order chi connectivity index (χ0) is 19.6. The van der Waals surface area contributed by atoms with Gasteiger partial charge in [-0.1, -0.05) is 48.5 Å². The van der Waals surface area contributed by atoms with E-state index in [-0.39, 0.29) is 23.8 Å². The second-order valence-corrected chi connectivity index (χ2v) is 7.90. The number of piperidine rings is 1. The van der Waals surface area contributed by atoms with Gasteiger partial charge in [-0.2, -0.15) is 0 Å². The Morgan fingerprint density at radius 3 is 2.39 bits per heavy atom. The third kappa shape index (κ3) is 3.88. The number of ether oxygens (including phenoxy) is 1. The second-order valence-electron chi connectivity index (χ2n) is 7.90. The molecular formula is C23H25NO4. The monoisotopic (exact) mass is 379 g/mol. The van der Waals surface area contributed by atoms with E-state index in [1.54, 1.807) is 0 Å². The van der Waals surface area contributed by atoms with E-state index in [0.29, 0.717) is 13.1 Å². The van der Waals surface area contributed by atoms with Crippen LogP contribution in [0.3, 0.4) is 0 Å². The zero-order valence-electron chi connectivity index (χ0n) is 15.8. The molecule has 0 aromatic heterocycles. The first kappa shape index (κ1) is 18.5. The van der Waals surface area contributed by atoms with Gasteiger partial charge in [-0.15, -0.1) is 0 Å². The minimum Gasteiger partial charge on any atom is -0.483 e. The van der Waals surface area contributed by atoms with Crippen molar-refractivity contribution in [3.63, 3.8) is 0 Å². The summed E-state index contributed by atoms with van der Waals surface area (Å²) in [6, 6.07) is 18.0. The number of benzene rings is 2. The summed E-state index contributed by atoms with van der Waals surface area (Å²) in [6.07, 6.45) is 3.07. The molecule has 1 saturated heterocycles. The van der Waals surface area contributed by atoms with Gasteiger partial charge in [-0.25, -0.2) is 0 Å². The molecule has 1 aliphatic heterocycles. The van der Waals surface area contributed by atoms with E-state index >= 15 is 0 Å². The van der Waals surface area contributed by atoms with Crippen LogP contribution in [0.25, 0.3) is 0 Å². The topological polar surface area (TPSA) is 66.8 Å². The van der Waals surface area contributed by atoms with E-state index in [9.17, 15) is 14.7 Å². The van der Waals surface area contributed by atoms with Crippen LogP contribution in [-0.2, 0) is 16.0 Å². The molecule has 1 atom stereocenters. The second kappa shape index (κ2) is 7.66. The first-order valence-electron chi connectivity index (χ1n) is 9.83. The maximum absolute atomic E-state index is 12.6. The average Bonchev–Trinajstić information content (AvgIpc) is 3.42. The summed E-state index contributed by atoms with van der Waals surface area (Å²) in [6.45, 7) is 1.26. The number of para-hydroxylation sites is 1. The van der Waals surface area contributed by atoms with Gasteiger partial charge in [-0.05, 0) is 41.9 Å². The molecule has 1 N–H and O–H groups in total. The van der Waals surface area contributed by atoms with Crippen LogP contribution in [0.2, 0.25) is 0 Å². The van der Waals surface area contributed by atoms with Gasteiger partial charge in [0.1, 0.15) is 5.75 Å². The number of likely N-dealkylation sites (tertiary alicyclic amines) is 1. The number of nitrogens with zero attached hydrogens (tertiary/aromatic N) is 1. The maximum Gasteiger partial charge on any atom is 0.307 e. The Morgan fingerprint density at radius 2 is 1.71 bits per heavy atom. The Labute approximate surface area is 164 Å². The fourth-order valence-electron chi connectivity index (χ4n) is 4.29. The van der Waals surface area contributed by atoms with E-state index < -0.39 is 5.97 Å². The number of amides is 1. The first-order chi connectivity index (χ1) is 13.6. The number of carboxylic acids is 1. The lowest BCUT2D eigenvalue weighted by atomic mass is 9.91. The number of hydrogen-bond acceptors (Lipinski definition) is 3. The Kier molecular flexibility index (Phi) is 5.07. The lowest BCUT2D eigenvalue weighted by Crippen LogP contribution is -2.42. The third-order valence-electron chi connectivity index (χ3n) is 6.16. The summed E-state index contributed by atoms with van der Waals surface area (Å²) in [5, 5.41) is 9.19. The number of aliphatic carboxylic acids is 1. The Hall–Kier alpha value is -2.82. The SMILES string of the molecule is O=C(O)C1CC12CCN(C(=O)COc1ccccc1Cc1ccccc1)CC2. The van der Waals surface area contributed by atoms with Gasteiger partial charge in [0.2, 0.25) is 0 Å². The number of carbonyl (C=O) groups excluding carboxylic acids is 1. The minimum atomic E-state index is -0.696. The lowest BCUT2D eigenvalue weighted by Gasteiger charge is -2.32. The van der Waals surface area contributed by atoms with Gasteiger partial charge in [-0.3, -0.25) is 9.59 Å². The Morgan fingerprint density at radius 1 is 1.04 bits per heavy atom. The van der Waals surface area contributed by atoms with Crippen LogP contribution in [0.4, 0.5) is 0 Å². The van der Waals surface area contributed by atoms with Crippen molar-refractivity contribution in [2.24, 2.45) is 11.3 Å². The molecule has 2 fully saturated rings. The quantitative estimate of drug-likeness (QED) is 0.836. The maximum atomic E-state index is 12.6. The molecule has 2 aromatic rings. The highest BCUT2D eigenvalue weighted by molar-refractivity contribution is 5.78. The summed E-state index contributed by atoms with van der Waals surface area (Å²) in [5.74, 6) is -0.206. The van der Waals surface area contributed by atoms with Crippen LogP contribution < -0.4 is 4.74 Å². The Balaban J connectivity index is 1.32. The van der Waals surface area contributed by atoms with Gasteiger partial charge in [0.25, 0.3) is 5.91 Å². The molecule has 5 heteroatoms. The molecule has 146 valence electrons. The van der Waals surface area contributed by atoms with Crippen LogP contribution in [0.1, 0.15) is 30.4 Å². The number of carbonyl (C=O) groups is 2. The molecule has 2 aliphatic rings. The fourth-order valence-corrected chi connectivity index (χ4v) is 4.29. The molecule has 1 amide bonds. The van der Waals surface area contributed by atoms with Crippen LogP contribution >= 0.6 is 0 Å². The highest BCUT2D eigenvalue weighted by Crippen LogP contribution is 2.59. The van der Waals surface area contributed by atoms with Crippen molar-refractivity contribution in [3.05, 3.63) is 65.7 Å². The van der Waals surface area contributed by atoms with Crippen molar-refractivity contribution < 1.29 is 19.4 Å². The normalized spacial score (nSPS) is 20.0. The molecule has 1 aliphatic carbocycles. The summed E-state index contributed by atoms with van der Waals surface area (Å²) in [7, 11) is 0. The number of rotatable bonds is 6. The molecule has 1 spiro atoms. The first-order valence-corrected chi connectivity index (χ1v) is 9.83. The highest BCUT2D eigenvalue weighted by atomic mass is 16.5. The lowest BCUT2D eigenvalue weighted by molar-refractivity contribution is -0.140. The van der Waals surface area contributed by atoms with Crippen molar-refractivity contribution in [1.82, 2.24) is 4.90 Å².